The summed E-state index contributed by atoms with van der Waals surface area (Å²) in [7, 11) is 0. The molecular formula is C24H21N5O. The Balaban J connectivity index is 1.70. The quantitative estimate of drug-likeness (QED) is 0.492. The van der Waals surface area contributed by atoms with Crippen LogP contribution in [0.4, 0.5) is 0 Å². The maximum Gasteiger partial charge on any atom is 0.263 e. The topological polar surface area (TPSA) is 76.5 Å². The van der Waals surface area contributed by atoms with Crippen molar-refractivity contribution in [2.45, 2.75) is 26.2 Å². The molecule has 0 saturated heterocycles. The van der Waals surface area contributed by atoms with Crippen molar-refractivity contribution >= 4 is 21.9 Å². The van der Waals surface area contributed by atoms with E-state index in [-0.39, 0.29) is 11.5 Å². The second-order valence-electron chi connectivity index (χ2n) is 7.66. The molecule has 148 valence electrons. The average molecular weight is 395 g/mol. The molecule has 5 rings (SSSR count). The van der Waals surface area contributed by atoms with E-state index < -0.39 is 0 Å². The van der Waals surface area contributed by atoms with Gasteiger partial charge in [-0.05, 0) is 43.0 Å². The molecule has 0 bridgehead atoms. The molecule has 0 aliphatic heterocycles. The number of para-hydroxylation sites is 1. The van der Waals surface area contributed by atoms with Crippen LogP contribution < -0.4 is 5.56 Å². The lowest BCUT2D eigenvalue weighted by atomic mass is 9.97. The lowest BCUT2D eigenvalue weighted by Crippen LogP contribution is -2.24. The van der Waals surface area contributed by atoms with Crippen LogP contribution >= 0.6 is 0 Å². The van der Waals surface area contributed by atoms with Gasteiger partial charge in [-0.25, -0.2) is 15.0 Å². The van der Waals surface area contributed by atoms with E-state index in [9.17, 15) is 4.79 Å². The van der Waals surface area contributed by atoms with Gasteiger partial charge in [0.2, 0.25) is 0 Å². The molecular weight excluding hydrogens is 374 g/mol. The van der Waals surface area contributed by atoms with Crippen LogP contribution in [0.1, 0.15) is 29.8 Å². The molecule has 5 aromatic rings. The van der Waals surface area contributed by atoms with Gasteiger partial charge in [-0.1, -0.05) is 42.8 Å². The summed E-state index contributed by atoms with van der Waals surface area (Å²) in [5.41, 5.74) is 5.27. The van der Waals surface area contributed by atoms with Gasteiger partial charge in [0.25, 0.3) is 5.56 Å². The SMILES string of the molecule is Cc1ccc2cc([C@H](C)Cc3ncnc4nc[nH]c34)n(-c3ccccc3)c(=O)c2c1. The average Bonchev–Trinajstić information content (AvgIpc) is 3.24. The molecule has 0 aliphatic rings. The van der Waals surface area contributed by atoms with Crippen molar-refractivity contribution < 1.29 is 0 Å². The number of aromatic nitrogens is 5. The Morgan fingerprint density at radius 3 is 2.70 bits per heavy atom. The van der Waals surface area contributed by atoms with Gasteiger partial charge in [-0.3, -0.25) is 9.36 Å². The van der Waals surface area contributed by atoms with Gasteiger partial charge in [0, 0.05) is 22.7 Å². The molecule has 2 aromatic carbocycles. The first kappa shape index (κ1) is 18.2. The maximum absolute atomic E-state index is 13.6. The Morgan fingerprint density at radius 1 is 1.03 bits per heavy atom. The number of imidazole rings is 1. The number of aryl methyl sites for hydroxylation is 1. The standard InChI is InChI=1S/C24H21N5O/c1-15-8-9-17-12-21(16(2)11-20-22-23(27-13-25-20)28-14-26-22)29(24(30)19(17)10-15)18-6-4-3-5-7-18/h3-10,12-14,16H,11H2,1-2H3,(H,25,26,27,28)/t16-/m1/s1. The highest BCUT2D eigenvalue weighted by atomic mass is 16.1. The van der Waals surface area contributed by atoms with E-state index in [0.29, 0.717) is 12.1 Å². The van der Waals surface area contributed by atoms with Crippen LogP contribution in [0.2, 0.25) is 0 Å². The van der Waals surface area contributed by atoms with Crippen LogP contribution in [0, 0.1) is 6.92 Å². The van der Waals surface area contributed by atoms with Gasteiger partial charge in [-0.15, -0.1) is 0 Å². The summed E-state index contributed by atoms with van der Waals surface area (Å²) in [4.78, 5) is 29.6. The maximum atomic E-state index is 13.6. The second kappa shape index (κ2) is 7.22. The molecule has 3 aromatic heterocycles. The number of rotatable bonds is 4. The van der Waals surface area contributed by atoms with Crippen LogP contribution in [0.5, 0.6) is 0 Å². The van der Waals surface area contributed by atoms with Crippen molar-refractivity contribution in [2.24, 2.45) is 0 Å². The smallest absolute Gasteiger partial charge is 0.263 e. The zero-order chi connectivity index (χ0) is 20.7. The van der Waals surface area contributed by atoms with E-state index in [1.165, 1.54) is 0 Å². The van der Waals surface area contributed by atoms with Gasteiger partial charge in [0.05, 0.1) is 12.0 Å². The van der Waals surface area contributed by atoms with Crippen molar-refractivity contribution in [3.63, 3.8) is 0 Å². The van der Waals surface area contributed by atoms with Gasteiger partial charge >= 0.3 is 0 Å². The zero-order valence-corrected chi connectivity index (χ0v) is 16.8. The van der Waals surface area contributed by atoms with E-state index in [0.717, 1.165) is 38.9 Å². The fourth-order valence-corrected chi connectivity index (χ4v) is 4.01. The third-order valence-corrected chi connectivity index (χ3v) is 5.52. The number of hydrogen-bond acceptors (Lipinski definition) is 4. The molecule has 6 heteroatoms. The molecule has 0 unspecified atom stereocenters. The molecule has 0 spiro atoms. The van der Waals surface area contributed by atoms with Crippen molar-refractivity contribution in [3.8, 4) is 5.69 Å². The summed E-state index contributed by atoms with van der Waals surface area (Å²) < 4.78 is 1.83. The number of aromatic amines is 1. The molecule has 0 saturated carbocycles. The lowest BCUT2D eigenvalue weighted by molar-refractivity contribution is 0.687. The highest BCUT2D eigenvalue weighted by Crippen LogP contribution is 2.26. The highest BCUT2D eigenvalue weighted by molar-refractivity contribution is 5.83. The van der Waals surface area contributed by atoms with Crippen LogP contribution in [0.25, 0.3) is 27.6 Å². The fourth-order valence-electron chi connectivity index (χ4n) is 4.01. The van der Waals surface area contributed by atoms with E-state index in [1.807, 2.05) is 60.0 Å². The summed E-state index contributed by atoms with van der Waals surface area (Å²) in [5.74, 6) is 0.0463. The molecule has 6 nitrogen and oxygen atoms in total. The van der Waals surface area contributed by atoms with Gasteiger partial charge < -0.3 is 4.98 Å². The Kier molecular flexibility index (Phi) is 4.39. The summed E-state index contributed by atoms with van der Waals surface area (Å²) >= 11 is 0. The summed E-state index contributed by atoms with van der Waals surface area (Å²) in [5, 5.41) is 1.68. The van der Waals surface area contributed by atoms with Gasteiger partial charge in [0.15, 0.2) is 5.65 Å². The Labute approximate surface area is 173 Å². The Bertz CT molecular complexity index is 1420. The number of benzene rings is 2. The van der Waals surface area contributed by atoms with E-state index in [4.69, 9.17) is 0 Å². The minimum absolute atomic E-state index is 0.00127. The Morgan fingerprint density at radius 2 is 1.87 bits per heavy atom. The van der Waals surface area contributed by atoms with E-state index >= 15 is 0 Å². The summed E-state index contributed by atoms with van der Waals surface area (Å²) in [6.45, 7) is 4.13. The first-order chi connectivity index (χ1) is 14.6. The second-order valence-corrected chi connectivity index (χ2v) is 7.66. The minimum Gasteiger partial charge on any atom is -0.342 e. The summed E-state index contributed by atoms with van der Waals surface area (Å²) in [6, 6.07) is 18.0. The Hall–Kier alpha value is -3.80. The molecule has 1 N–H and O–H groups in total. The monoisotopic (exact) mass is 395 g/mol. The van der Waals surface area contributed by atoms with Crippen LogP contribution in [0.15, 0.2) is 72.0 Å². The van der Waals surface area contributed by atoms with Crippen molar-refractivity contribution in [3.05, 3.63) is 94.6 Å². The highest BCUT2D eigenvalue weighted by Gasteiger charge is 2.19. The van der Waals surface area contributed by atoms with Crippen molar-refractivity contribution in [1.82, 2.24) is 24.5 Å². The third kappa shape index (κ3) is 3.06. The predicted octanol–water partition coefficient (Wildman–Crippen LogP) is 4.31. The number of fused-ring (bicyclic) bond motifs is 2. The third-order valence-electron chi connectivity index (χ3n) is 5.52. The molecule has 3 heterocycles. The lowest BCUT2D eigenvalue weighted by Gasteiger charge is -2.20. The minimum atomic E-state index is -0.00127. The normalized spacial score (nSPS) is 12.5. The molecule has 30 heavy (non-hydrogen) atoms. The number of pyridine rings is 1. The number of hydrogen-bond donors (Lipinski definition) is 1. The van der Waals surface area contributed by atoms with Crippen LogP contribution in [-0.4, -0.2) is 24.5 Å². The predicted molar refractivity (Wildman–Crippen MR) is 118 cm³/mol. The first-order valence-corrected chi connectivity index (χ1v) is 9.96. The van der Waals surface area contributed by atoms with Gasteiger partial charge in [-0.2, -0.15) is 0 Å². The fraction of sp³-hybridized carbons (Fsp3) is 0.167. The van der Waals surface area contributed by atoms with Crippen molar-refractivity contribution in [1.29, 1.82) is 0 Å². The van der Waals surface area contributed by atoms with Crippen LogP contribution in [-0.2, 0) is 6.42 Å². The van der Waals surface area contributed by atoms with Gasteiger partial charge in [0.1, 0.15) is 11.8 Å². The molecule has 0 radical (unpaired) electrons. The number of H-pyrrole nitrogens is 1. The molecule has 1 atom stereocenters. The largest absolute Gasteiger partial charge is 0.342 e. The zero-order valence-electron chi connectivity index (χ0n) is 16.8. The van der Waals surface area contributed by atoms with E-state index in [2.05, 4.69) is 32.9 Å². The van der Waals surface area contributed by atoms with Crippen LogP contribution in [0.3, 0.4) is 0 Å². The number of nitrogens with zero attached hydrogens (tertiary/aromatic N) is 4. The first-order valence-electron chi connectivity index (χ1n) is 9.96. The van der Waals surface area contributed by atoms with E-state index in [1.54, 1.807) is 12.7 Å². The molecule has 0 fully saturated rings. The number of nitrogens with one attached hydrogen (secondary N) is 1. The summed E-state index contributed by atoms with van der Waals surface area (Å²) in [6.07, 6.45) is 3.83. The molecule has 0 aliphatic carbocycles. The molecule has 0 amide bonds. The van der Waals surface area contributed by atoms with Crippen molar-refractivity contribution in [2.75, 3.05) is 0 Å².